The zero-order valence-electron chi connectivity index (χ0n) is 10.3. The summed E-state index contributed by atoms with van der Waals surface area (Å²) >= 11 is 0. The van der Waals surface area contributed by atoms with Gasteiger partial charge in [-0.05, 0) is 36.4 Å². The van der Waals surface area contributed by atoms with Crippen molar-refractivity contribution in [3.63, 3.8) is 0 Å². The molecule has 3 aromatic rings. The van der Waals surface area contributed by atoms with Crippen LogP contribution in [0, 0.1) is 0 Å². The summed E-state index contributed by atoms with van der Waals surface area (Å²) in [6.07, 6.45) is 11.7. The number of aliphatic hydroxyl groups excluding tert-OH is 1. The first-order valence-corrected chi connectivity index (χ1v) is 5.89. The van der Waals surface area contributed by atoms with Crippen LogP contribution in [0.2, 0.25) is 0 Å². The number of halogens is 1. The average molecular weight is 278 g/mol. The molecule has 0 aliphatic heterocycles. The maximum Gasteiger partial charge on any atom is 0.226 e. The molecule has 3 rings (SSSR count). The van der Waals surface area contributed by atoms with Gasteiger partial charge < -0.3 is 18.8 Å². The lowest BCUT2D eigenvalue weighted by Crippen LogP contribution is -2.49. The zero-order valence-corrected chi connectivity index (χ0v) is 11.1. The lowest BCUT2D eigenvalue weighted by atomic mass is 10.3. The maximum atomic E-state index is 10.0. The normalized spacial score (nSPS) is 11.2. The van der Waals surface area contributed by atoms with Gasteiger partial charge in [0.05, 0.1) is 0 Å². The second-order valence-corrected chi connectivity index (χ2v) is 4.20. The Morgan fingerprint density at radius 1 is 0.632 bits per heavy atom. The molecule has 0 atom stereocenters. The molecule has 3 heterocycles. The molecule has 0 amide bonds. The average Bonchev–Trinajstić information content (AvgIpc) is 3.16. The SMILES string of the molecule is Cl.OCC(n1cccc1)(n1cccc1)n1cccc1. The number of aliphatic hydroxyl groups is 1. The fourth-order valence-corrected chi connectivity index (χ4v) is 2.36. The number of nitrogens with zero attached hydrogens (tertiary/aromatic N) is 3. The Hall–Kier alpha value is -1.91. The Morgan fingerprint density at radius 2 is 0.895 bits per heavy atom. The predicted octanol–water partition coefficient (Wildman–Crippen LogP) is 2.21. The molecule has 0 fully saturated rings. The molecule has 0 bridgehead atoms. The third-order valence-electron chi connectivity index (χ3n) is 3.27. The van der Waals surface area contributed by atoms with Crippen LogP contribution in [0.25, 0.3) is 0 Å². The summed E-state index contributed by atoms with van der Waals surface area (Å²) in [6.45, 7) is -0.0367. The van der Waals surface area contributed by atoms with Crippen LogP contribution < -0.4 is 0 Å². The second-order valence-electron chi connectivity index (χ2n) is 4.20. The summed E-state index contributed by atoms with van der Waals surface area (Å²) in [5.41, 5.74) is 0. The van der Waals surface area contributed by atoms with E-state index in [0.29, 0.717) is 0 Å². The molecule has 3 aromatic heterocycles. The van der Waals surface area contributed by atoms with Crippen molar-refractivity contribution in [1.29, 1.82) is 0 Å². The van der Waals surface area contributed by atoms with Gasteiger partial charge in [-0.25, -0.2) is 0 Å². The molecule has 0 radical (unpaired) electrons. The van der Waals surface area contributed by atoms with E-state index in [1.807, 2.05) is 87.3 Å². The number of rotatable bonds is 4. The molecule has 4 nitrogen and oxygen atoms in total. The Kier molecular flexibility index (Phi) is 3.83. The lowest BCUT2D eigenvalue weighted by Gasteiger charge is -2.37. The first kappa shape index (κ1) is 13.5. The molecule has 0 saturated carbocycles. The van der Waals surface area contributed by atoms with E-state index < -0.39 is 5.79 Å². The molecule has 0 aliphatic carbocycles. The summed E-state index contributed by atoms with van der Waals surface area (Å²) in [5.74, 6) is -0.684. The third-order valence-corrected chi connectivity index (χ3v) is 3.27. The topological polar surface area (TPSA) is 35.0 Å². The summed E-state index contributed by atoms with van der Waals surface area (Å²) in [5, 5.41) is 10.0. The number of hydrogen-bond acceptors (Lipinski definition) is 1. The second kappa shape index (κ2) is 5.38. The summed E-state index contributed by atoms with van der Waals surface area (Å²) in [4.78, 5) is 0. The summed E-state index contributed by atoms with van der Waals surface area (Å²) in [6, 6.07) is 11.7. The van der Waals surface area contributed by atoms with Gasteiger partial charge in [0.1, 0.15) is 6.61 Å². The molecule has 0 aliphatic rings. The zero-order chi connectivity index (χ0) is 12.4. The number of hydrogen-bond donors (Lipinski definition) is 1. The van der Waals surface area contributed by atoms with Gasteiger partial charge in [-0.2, -0.15) is 0 Å². The van der Waals surface area contributed by atoms with Crippen LogP contribution in [-0.4, -0.2) is 25.4 Å². The van der Waals surface area contributed by atoms with E-state index in [9.17, 15) is 5.11 Å². The van der Waals surface area contributed by atoms with Crippen molar-refractivity contribution < 1.29 is 5.11 Å². The monoisotopic (exact) mass is 277 g/mol. The van der Waals surface area contributed by atoms with E-state index in [1.54, 1.807) is 0 Å². The van der Waals surface area contributed by atoms with Gasteiger partial charge in [-0.15, -0.1) is 12.4 Å². The molecule has 0 aromatic carbocycles. The molecule has 5 heteroatoms. The Bertz CT molecular complexity index is 501. The molecule has 0 unspecified atom stereocenters. The minimum absolute atomic E-state index is 0. The van der Waals surface area contributed by atoms with Crippen molar-refractivity contribution in [3.05, 3.63) is 73.6 Å². The van der Waals surface area contributed by atoms with Crippen LogP contribution in [0.1, 0.15) is 0 Å². The van der Waals surface area contributed by atoms with E-state index in [1.165, 1.54) is 0 Å². The van der Waals surface area contributed by atoms with E-state index in [-0.39, 0.29) is 19.0 Å². The van der Waals surface area contributed by atoms with Crippen molar-refractivity contribution in [1.82, 2.24) is 13.7 Å². The summed E-state index contributed by atoms with van der Waals surface area (Å²) in [7, 11) is 0. The van der Waals surface area contributed by atoms with Crippen molar-refractivity contribution >= 4 is 12.4 Å². The minimum Gasteiger partial charge on any atom is -0.390 e. The van der Waals surface area contributed by atoms with Crippen molar-refractivity contribution in [2.75, 3.05) is 6.61 Å². The third kappa shape index (κ3) is 1.99. The van der Waals surface area contributed by atoms with Crippen LogP contribution in [0.4, 0.5) is 0 Å². The smallest absolute Gasteiger partial charge is 0.226 e. The van der Waals surface area contributed by atoms with Crippen molar-refractivity contribution in [3.8, 4) is 0 Å². The molecule has 100 valence electrons. The van der Waals surface area contributed by atoms with E-state index >= 15 is 0 Å². The molecular formula is C14H16ClN3O. The van der Waals surface area contributed by atoms with Crippen molar-refractivity contribution in [2.45, 2.75) is 5.79 Å². The fraction of sp³-hybridized carbons (Fsp3) is 0.143. The first-order valence-electron chi connectivity index (χ1n) is 5.89. The molecular weight excluding hydrogens is 262 g/mol. The Labute approximate surface area is 117 Å². The quantitative estimate of drug-likeness (QED) is 0.780. The highest BCUT2D eigenvalue weighted by atomic mass is 35.5. The van der Waals surface area contributed by atoms with Gasteiger partial charge in [0.2, 0.25) is 5.79 Å². The lowest BCUT2D eigenvalue weighted by molar-refractivity contribution is 0.0734. The van der Waals surface area contributed by atoms with Gasteiger partial charge in [0.25, 0.3) is 0 Å². The maximum absolute atomic E-state index is 10.0. The van der Waals surface area contributed by atoms with Gasteiger partial charge in [0.15, 0.2) is 0 Å². The van der Waals surface area contributed by atoms with Crippen LogP contribution in [0.3, 0.4) is 0 Å². The standard InChI is InChI=1S/C14H15N3O.ClH/c18-13-14(15-7-1-2-8-15,16-9-3-4-10-16)17-11-5-6-12-17;/h1-12,18H,13H2;1H. The van der Waals surface area contributed by atoms with Crippen LogP contribution in [0.15, 0.2) is 73.6 Å². The molecule has 19 heavy (non-hydrogen) atoms. The predicted molar refractivity (Wildman–Crippen MR) is 76.4 cm³/mol. The van der Waals surface area contributed by atoms with Crippen molar-refractivity contribution in [2.24, 2.45) is 0 Å². The number of aromatic nitrogens is 3. The van der Waals surface area contributed by atoms with Gasteiger partial charge in [0, 0.05) is 37.2 Å². The Balaban J connectivity index is 0.00000133. The first-order chi connectivity index (χ1) is 8.88. The van der Waals surface area contributed by atoms with Crippen LogP contribution in [-0.2, 0) is 5.79 Å². The molecule has 0 saturated heterocycles. The van der Waals surface area contributed by atoms with Gasteiger partial charge >= 0.3 is 0 Å². The molecule has 1 N–H and O–H groups in total. The van der Waals surface area contributed by atoms with Gasteiger partial charge in [-0.3, -0.25) is 0 Å². The Morgan fingerprint density at radius 3 is 1.11 bits per heavy atom. The molecule has 0 spiro atoms. The van der Waals surface area contributed by atoms with Crippen LogP contribution >= 0.6 is 12.4 Å². The summed E-state index contributed by atoms with van der Waals surface area (Å²) < 4.78 is 5.98. The fourth-order valence-electron chi connectivity index (χ4n) is 2.36. The van der Waals surface area contributed by atoms with Crippen LogP contribution in [0.5, 0.6) is 0 Å². The highest BCUT2D eigenvalue weighted by Crippen LogP contribution is 2.22. The largest absolute Gasteiger partial charge is 0.390 e. The van der Waals surface area contributed by atoms with Gasteiger partial charge in [-0.1, -0.05) is 0 Å². The minimum atomic E-state index is -0.684. The highest BCUT2D eigenvalue weighted by molar-refractivity contribution is 5.85. The van der Waals surface area contributed by atoms with E-state index in [2.05, 4.69) is 0 Å². The van der Waals surface area contributed by atoms with E-state index in [4.69, 9.17) is 0 Å². The van der Waals surface area contributed by atoms with E-state index in [0.717, 1.165) is 0 Å². The highest BCUT2D eigenvalue weighted by Gasteiger charge is 2.33.